The molecule has 3 N–H and O–H groups in total. The maximum absolute atomic E-state index is 8.80. The molecule has 1 aromatic rings. The lowest BCUT2D eigenvalue weighted by Crippen LogP contribution is -2.20. The van der Waals surface area contributed by atoms with E-state index in [0.717, 1.165) is 0 Å². The van der Waals surface area contributed by atoms with E-state index in [4.69, 9.17) is 15.7 Å². The van der Waals surface area contributed by atoms with Crippen molar-refractivity contribution < 1.29 is 4.74 Å². The van der Waals surface area contributed by atoms with Crippen LogP contribution in [0.5, 0.6) is 0 Å². The summed E-state index contributed by atoms with van der Waals surface area (Å²) in [5.41, 5.74) is 5.92. The van der Waals surface area contributed by atoms with Crippen molar-refractivity contribution in [1.29, 1.82) is 5.26 Å². The Labute approximate surface area is 86.7 Å². The summed E-state index contributed by atoms with van der Waals surface area (Å²) < 4.78 is 8.86. The van der Waals surface area contributed by atoms with E-state index in [1.165, 1.54) is 11.5 Å². The fourth-order valence-corrected chi connectivity index (χ4v) is 1.80. The van der Waals surface area contributed by atoms with E-state index in [9.17, 15) is 0 Å². The van der Waals surface area contributed by atoms with Crippen LogP contribution in [0.3, 0.4) is 0 Å². The summed E-state index contributed by atoms with van der Waals surface area (Å²) >= 11 is 1.19. The second-order valence-electron chi connectivity index (χ2n) is 2.88. The molecule has 0 spiro atoms. The first-order valence-corrected chi connectivity index (χ1v) is 4.87. The molecule has 6 heteroatoms. The normalized spacial score (nSPS) is 12.1. The van der Waals surface area contributed by atoms with Gasteiger partial charge in [0.1, 0.15) is 16.6 Å². The van der Waals surface area contributed by atoms with Gasteiger partial charge in [0, 0.05) is 13.2 Å². The lowest BCUT2D eigenvalue weighted by molar-refractivity contribution is 0.190. The van der Waals surface area contributed by atoms with Gasteiger partial charge in [-0.2, -0.15) is 9.64 Å². The van der Waals surface area contributed by atoms with Crippen molar-refractivity contribution in [3.8, 4) is 6.07 Å². The smallest absolute Gasteiger partial charge is 0.157 e. The molecule has 0 aliphatic rings. The number of nitriles is 1. The molecule has 0 bridgehead atoms. The Morgan fingerprint density at radius 1 is 1.79 bits per heavy atom. The van der Waals surface area contributed by atoms with Gasteiger partial charge >= 0.3 is 0 Å². The van der Waals surface area contributed by atoms with E-state index >= 15 is 0 Å². The van der Waals surface area contributed by atoms with E-state index in [1.807, 2.05) is 13.0 Å². The lowest BCUT2D eigenvalue weighted by atomic mass is 10.3. The highest BCUT2D eigenvalue weighted by Gasteiger charge is 2.12. The van der Waals surface area contributed by atoms with E-state index in [1.54, 1.807) is 7.11 Å². The molecule has 0 saturated carbocycles. The van der Waals surface area contributed by atoms with Gasteiger partial charge in [0.25, 0.3) is 0 Å². The summed E-state index contributed by atoms with van der Waals surface area (Å²) in [6.45, 7) is 2.53. The fraction of sp³-hybridized carbons (Fsp3) is 0.500. The van der Waals surface area contributed by atoms with Crippen LogP contribution in [0.4, 0.5) is 10.8 Å². The first-order valence-electron chi connectivity index (χ1n) is 4.09. The number of nitrogens with one attached hydrogen (secondary N) is 1. The summed E-state index contributed by atoms with van der Waals surface area (Å²) in [5.74, 6) is 0.282. The number of nitrogen functional groups attached to an aromatic ring is 1. The van der Waals surface area contributed by atoms with E-state index in [2.05, 4.69) is 9.69 Å². The molecule has 14 heavy (non-hydrogen) atoms. The number of anilines is 2. The summed E-state index contributed by atoms with van der Waals surface area (Å²) in [4.78, 5) is 0. The van der Waals surface area contributed by atoms with Crippen molar-refractivity contribution in [2.45, 2.75) is 13.0 Å². The third-order valence-corrected chi connectivity index (χ3v) is 2.42. The molecule has 1 rings (SSSR count). The Hall–Kier alpha value is -1.32. The van der Waals surface area contributed by atoms with Gasteiger partial charge in [-0.1, -0.05) is 0 Å². The number of methoxy groups -OCH3 is 1. The van der Waals surface area contributed by atoms with E-state index in [-0.39, 0.29) is 11.9 Å². The molecule has 0 radical (unpaired) electrons. The minimum Gasteiger partial charge on any atom is -0.383 e. The number of hydrogen-bond donors (Lipinski definition) is 2. The zero-order valence-corrected chi connectivity index (χ0v) is 8.89. The molecule has 0 fully saturated rings. The predicted octanol–water partition coefficient (Wildman–Crippen LogP) is 1.04. The topological polar surface area (TPSA) is 84.0 Å². The number of aromatic nitrogens is 1. The first kappa shape index (κ1) is 10.8. The Bertz CT molecular complexity index is 344. The monoisotopic (exact) mass is 212 g/mol. The zero-order valence-electron chi connectivity index (χ0n) is 8.07. The molecular weight excluding hydrogens is 200 g/mol. The molecule has 0 saturated heterocycles. The number of nitrogens with two attached hydrogens (primary N) is 1. The van der Waals surface area contributed by atoms with Crippen LogP contribution in [0.1, 0.15) is 12.5 Å². The van der Waals surface area contributed by atoms with Gasteiger partial charge in [-0.05, 0) is 18.5 Å². The van der Waals surface area contributed by atoms with Crippen LogP contribution >= 0.6 is 11.5 Å². The highest BCUT2D eigenvalue weighted by atomic mass is 32.1. The van der Waals surface area contributed by atoms with Crippen molar-refractivity contribution in [1.82, 2.24) is 4.37 Å². The second kappa shape index (κ2) is 4.79. The molecule has 0 aliphatic heterocycles. The molecule has 1 heterocycles. The fourth-order valence-electron chi connectivity index (χ4n) is 1.02. The number of ether oxygens (including phenoxy) is 1. The van der Waals surface area contributed by atoms with Gasteiger partial charge < -0.3 is 15.8 Å². The van der Waals surface area contributed by atoms with Gasteiger partial charge in [-0.3, -0.25) is 0 Å². The molecule has 0 aliphatic carbocycles. The van der Waals surface area contributed by atoms with Gasteiger partial charge in [-0.15, -0.1) is 0 Å². The van der Waals surface area contributed by atoms with Crippen LogP contribution in [0.25, 0.3) is 0 Å². The third-order valence-electron chi connectivity index (χ3n) is 1.62. The maximum atomic E-state index is 8.80. The van der Waals surface area contributed by atoms with Gasteiger partial charge in [0.2, 0.25) is 0 Å². The third kappa shape index (κ3) is 2.34. The molecule has 1 atom stereocenters. The number of rotatable bonds is 4. The summed E-state index contributed by atoms with van der Waals surface area (Å²) in [6.07, 6.45) is 0. The minimum absolute atomic E-state index is 0.131. The number of hydrogen-bond acceptors (Lipinski definition) is 6. The Kier molecular flexibility index (Phi) is 3.68. The average molecular weight is 212 g/mol. The molecule has 0 amide bonds. The first-order chi connectivity index (χ1) is 6.69. The quantitative estimate of drug-likeness (QED) is 0.779. The molecule has 76 valence electrons. The van der Waals surface area contributed by atoms with Crippen molar-refractivity contribution >= 4 is 22.4 Å². The lowest BCUT2D eigenvalue weighted by Gasteiger charge is -2.11. The van der Waals surface area contributed by atoms with Crippen molar-refractivity contribution in [2.75, 3.05) is 24.8 Å². The molecule has 5 nitrogen and oxygen atoms in total. The molecular formula is C8H12N4OS. The van der Waals surface area contributed by atoms with Crippen molar-refractivity contribution in [3.63, 3.8) is 0 Å². The minimum atomic E-state index is 0.131. The molecule has 1 unspecified atom stereocenters. The highest BCUT2D eigenvalue weighted by molar-refractivity contribution is 7.10. The van der Waals surface area contributed by atoms with Crippen LogP contribution in [-0.2, 0) is 4.74 Å². The Balaban J connectivity index is 2.72. The summed E-state index contributed by atoms with van der Waals surface area (Å²) in [6, 6.07) is 2.14. The highest BCUT2D eigenvalue weighted by Crippen LogP contribution is 2.26. The maximum Gasteiger partial charge on any atom is 0.157 e. The standard InChI is InChI=1S/C8H12N4OS/c1-5(4-13-2)11-8-6(3-9)7(10)12-14-8/h5,11H,4H2,1-2H3,(H2,10,12). The van der Waals surface area contributed by atoms with Crippen LogP contribution in [0.2, 0.25) is 0 Å². The SMILES string of the molecule is COCC(C)Nc1snc(N)c1C#N. The van der Waals surface area contributed by atoms with E-state index in [0.29, 0.717) is 17.2 Å². The second-order valence-corrected chi connectivity index (χ2v) is 3.66. The zero-order chi connectivity index (χ0) is 10.6. The summed E-state index contributed by atoms with van der Waals surface area (Å²) in [5, 5.41) is 12.6. The Morgan fingerprint density at radius 2 is 2.50 bits per heavy atom. The van der Waals surface area contributed by atoms with Crippen molar-refractivity contribution in [3.05, 3.63) is 5.56 Å². The van der Waals surface area contributed by atoms with Gasteiger partial charge in [-0.25, -0.2) is 0 Å². The van der Waals surface area contributed by atoms with E-state index < -0.39 is 0 Å². The largest absolute Gasteiger partial charge is 0.383 e. The van der Waals surface area contributed by atoms with Crippen LogP contribution in [0, 0.1) is 11.3 Å². The molecule has 1 aromatic heterocycles. The predicted molar refractivity (Wildman–Crippen MR) is 56.2 cm³/mol. The average Bonchev–Trinajstić information content (AvgIpc) is 2.47. The Morgan fingerprint density at radius 3 is 3.07 bits per heavy atom. The van der Waals surface area contributed by atoms with Crippen LogP contribution in [0.15, 0.2) is 0 Å². The van der Waals surface area contributed by atoms with Crippen molar-refractivity contribution in [2.24, 2.45) is 0 Å². The molecule has 0 aromatic carbocycles. The van der Waals surface area contributed by atoms with Crippen LogP contribution in [-0.4, -0.2) is 24.1 Å². The number of nitrogens with zero attached hydrogens (tertiary/aromatic N) is 2. The van der Waals surface area contributed by atoms with Crippen LogP contribution < -0.4 is 11.1 Å². The van der Waals surface area contributed by atoms with Gasteiger partial charge in [0.15, 0.2) is 5.82 Å². The summed E-state index contributed by atoms with van der Waals surface area (Å²) in [7, 11) is 1.63. The van der Waals surface area contributed by atoms with Gasteiger partial charge in [0.05, 0.1) is 6.61 Å².